The molecular weight excluding hydrogens is 318 g/mol. The summed E-state index contributed by atoms with van der Waals surface area (Å²) in [6.45, 7) is 9.46. The highest BCUT2D eigenvalue weighted by Gasteiger charge is 2.37. The second-order valence-electron chi connectivity index (χ2n) is 7.78. The molecular formula is C20H21NO4. The van der Waals surface area contributed by atoms with E-state index >= 15 is 0 Å². The summed E-state index contributed by atoms with van der Waals surface area (Å²) in [5.41, 5.74) is 1.64. The summed E-state index contributed by atoms with van der Waals surface area (Å²) in [7, 11) is 0. The lowest BCUT2D eigenvalue weighted by Gasteiger charge is -2.13. The summed E-state index contributed by atoms with van der Waals surface area (Å²) in [4.78, 5) is 41.3. The predicted octanol–water partition coefficient (Wildman–Crippen LogP) is 3.79. The Hall–Kier alpha value is -2.56. The first kappa shape index (κ1) is 17.3. The molecule has 5 heteroatoms. The quantitative estimate of drug-likeness (QED) is 0.795. The SMILES string of the molecule is CC(C)C(=O)Cc1ccc2c(c1)C(=O)C(=O)c1oc(C(C)(C)C)nc1-2. The van der Waals surface area contributed by atoms with Gasteiger partial charge in [-0.15, -0.1) is 0 Å². The number of ketones is 3. The van der Waals surface area contributed by atoms with Crippen molar-refractivity contribution in [3.8, 4) is 11.3 Å². The summed E-state index contributed by atoms with van der Waals surface area (Å²) >= 11 is 0. The second kappa shape index (κ2) is 5.76. The van der Waals surface area contributed by atoms with Gasteiger partial charge in [0.05, 0.1) is 0 Å². The van der Waals surface area contributed by atoms with Crippen LogP contribution in [0.2, 0.25) is 0 Å². The number of oxazole rings is 1. The zero-order valence-corrected chi connectivity index (χ0v) is 15.1. The van der Waals surface area contributed by atoms with E-state index in [1.807, 2.05) is 34.6 Å². The van der Waals surface area contributed by atoms with Gasteiger partial charge in [-0.2, -0.15) is 0 Å². The van der Waals surface area contributed by atoms with Crippen molar-refractivity contribution in [2.24, 2.45) is 5.92 Å². The molecule has 0 bridgehead atoms. The molecule has 0 saturated heterocycles. The zero-order chi connectivity index (χ0) is 18.5. The molecule has 0 aliphatic heterocycles. The van der Waals surface area contributed by atoms with Gasteiger partial charge in [0.1, 0.15) is 11.5 Å². The number of benzene rings is 1. The van der Waals surface area contributed by atoms with E-state index in [2.05, 4.69) is 4.98 Å². The van der Waals surface area contributed by atoms with E-state index in [0.717, 1.165) is 5.56 Å². The van der Waals surface area contributed by atoms with Gasteiger partial charge >= 0.3 is 0 Å². The maximum Gasteiger partial charge on any atom is 0.271 e. The van der Waals surface area contributed by atoms with E-state index in [9.17, 15) is 14.4 Å². The lowest BCUT2D eigenvalue weighted by molar-refractivity contribution is -0.121. The molecule has 0 spiro atoms. The number of carbonyl (C=O) groups is 3. The van der Waals surface area contributed by atoms with Gasteiger partial charge in [0.15, 0.2) is 0 Å². The predicted molar refractivity (Wildman–Crippen MR) is 92.8 cm³/mol. The molecule has 1 aromatic heterocycles. The summed E-state index contributed by atoms with van der Waals surface area (Å²) < 4.78 is 5.60. The van der Waals surface area contributed by atoms with Gasteiger partial charge in [0.2, 0.25) is 17.4 Å². The van der Waals surface area contributed by atoms with Crippen molar-refractivity contribution in [1.29, 1.82) is 0 Å². The minimum Gasteiger partial charge on any atom is -0.436 e. The molecule has 0 fully saturated rings. The topological polar surface area (TPSA) is 77.2 Å². The fourth-order valence-corrected chi connectivity index (χ4v) is 2.70. The first-order valence-corrected chi connectivity index (χ1v) is 8.36. The molecule has 0 saturated carbocycles. The molecule has 0 unspecified atom stereocenters. The molecule has 1 heterocycles. The first-order valence-electron chi connectivity index (χ1n) is 8.36. The van der Waals surface area contributed by atoms with E-state index in [-0.39, 0.29) is 29.3 Å². The molecule has 130 valence electrons. The van der Waals surface area contributed by atoms with Crippen LogP contribution in [0, 0.1) is 5.92 Å². The zero-order valence-electron chi connectivity index (χ0n) is 15.1. The highest BCUT2D eigenvalue weighted by Crippen LogP contribution is 2.36. The van der Waals surface area contributed by atoms with Crippen LogP contribution in [0.25, 0.3) is 11.3 Å². The van der Waals surface area contributed by atoms with Gasteiger partial charge in [0.25, 0.3) is 5.78 Å². The highest BCUT2D eigenvalue weighted by molar-refractivity contribution is 6.52. The Morgan fingerprint density at radius 3 is 2.40 bits per heavy atom. The van der Waals surface area contributed by atoms with Gasteiger partial charge in [-0.05, 0) is 11.6 Å². The van der Waals surface area contributed by atoms with Crippen molar-refractivity contribution < 1.29 is 18.8 Å². The maximum absolute atomic E-state index is 12.5. The van der Waals surface area contributed by atoms with Crippen LogP contribution in [-0.2, 0) is 16.6 Å². The Labute approximate surface area is 146 Å². The highest BCUT2D eigenvalue weighted by atomic mass is 16.4. The molecule has 1 aliphatic rings. The molecule has 3 rings (SSSR count). The molecule has 0 N–H and O–H groups in total. The molecule has 1 aliphatic carbocycles. The second-order valence-corrected chi connectivity index (χ2v) is 7.78. The van der Waals surface area contributed by atoms with Crippen molar-refractivity contribution in [3.63, 3.8) is 0 Å². The van der Waals surface area contributed by atoms with Crippen LogP contribution < -0.4 is 0 Å². The van der Waals surface area contributed by atoms with E-state index in [1.54, 1.807) is 18.2 Å². The van der Waals surface area contributed by atoms with Crippen LogP contribution >= 0.6 is 0 Å². The Morgan fingerprint density at radius 2 is 1.80 bits per heavy atom. The molecule has 5 nitrogen and oxygen atoms in total. The van der Waals surface area contributed by atoms with Crippen molar-refractivity contribution in [2.75, 3.05) is 0 Å². The third kappa shape index (κ3) is 2.95. The average molecular weight is 339 g/mol. The number of aromatic nitrogens is 1. The first-order chi connectivity index (χ1) is 11.6. The monoisotopic (exact) mass is 339 g/mol. The standard InChI is InChI=1S/C20H21NO4/c1-10(2)14(22)9-11-6-7-12-13(8-11)16(23)17(24)18-15(12)21-19(25-18)20(3,4)5/h6-8,10H,9H2,1-5H3. The summed E-state index contributed by atoms with van der Waals surface area (Å²) in [6.07, 6.45) is 0.241. The van der Waals surface area contributed by atoms with Crippen molar-refractivity contribution in [1.82, 2.24) is 4.98 Å². The summed E-state index contributed by atoms with van der Waals surface area (Å²) in [5, 5.41) is 0. The normalized spacial score (nSPS) is 13.8. The number of nitrogens with zero attached hydrogens (tertiary/aromatic N) is 1. The number of fused-ring (bicyclic) bond motifs is 3. The minimum absolute atomic E-state index is 0.00781. The van der Waals surface area contributed by atoms with Crippen LogP contribution in [0.1, 0.15) is 67.0 Å². The van der Waals surface area contributed by atoms with Crippen LogP contribution in [-0.4, -0.2) is 22.3 Å². The lowest BCUT2D eigenvalue weighted by atomic mass is 9.88. The van der Waals surface area contributed by atoms with Gasteiger partial charge in [0, 0.05) is 28.9 Å². The van der Waals surface area contributed by atoms with Gasteiger partial charge in [-0.25, -0.2) is 4.98 Å². The van der Waals surface area contributed by atoms with Crippen molar-refractivity contribution in [3.05, 3.63) is 41.0 Å². The Morgan fingerprint density at radius 1 is 1.12 bits per heavy atom. The van der Waals surface area contributed by atoms with E-state index in [1.165, 1.54) is 0 Å². The Balaban J connectivity index is 2.10. The number of carbonyl (C=O) groups excluding carboxylic acids is 3. The fraction of sp³-hybridized carbons (Fsp3) is 0.400. The Bertz CT molecular complexity index is 897. The van der Waals surface area contributed by atoms with Crippen LogP contribution in [0.5, 0.6) is 0 Å². The average Bonchev–Trinajstić information content (AvgIpc) is 2.98. The van der Waals surface area contributed by atoms with Crippen LogP contribution in [0.3, 0.4) is 0 Å². The molecule has 0 radical (unpaired) electrons. The van der Waals surface area contributed by atoms with Crippen molar-refractivity contribution in [2.45, 2.75) is 46.5 Å². The minimum atomic E-state index is -0.683. The van der Waals surface area contributed by atoms with Crippen LogP contribution in [0.15, 0.2) is 22.6 Å². The molecule has 0 atom stereocenters. The molecule has 2 aromatic rings. The van der Waals surface area contributed by atoms with E-state index in [0.29, 0.717) is 22.7 Å². The molecule has 1 aromatic carbocycles. The van der Waals surface area contributed by atoms with E-state index in [4.69, 9.17) is 4.42 Å². The number of hydrogen-bond acceptors (Lipinski definition) is 5. The van der Waals surface area contributed by atoms with Gasteiger partial charge in [-0.1, -0.05) is 46.8 Å². The fourth-order valence-electron chi connectivity index (χ4n) is 2.70. The summed E-state index contributed by atoms with van der Waals surface area (Å²) in [6, 6.07) is 5.18. The number of rotatable bonds is 3. The van der Waals surface area contributed by atoms with Crippen molar-refractivity contribution >= 4 is 17.3 Å². The van der Waals surface area contributed by atoms with E-state index < -0.39 is 11.6 Å². The molecule has 0 amide bonds. The maximum atomic E-state index is 12.5. The molecule has 25 heavy (non-hydrogen) atoms. The third-order valence-corrected chi connectivity index (χ3v) is 4.29. The number of Topliss-reactive ketones (excluding diaryl/α,β-unsaturated/α-hetero) is 3. The number of hydrogen-bond donors (Lipinski definition) is 0. The largest absolute Gasteiger partial charge is 0.436 e. The lowest BCUT2D eigenvalue weighted by Crippen LogP contribution is -2.21. The van der Waals surface area contributed by atoms with Gasteiger partial charge in [-0.3, -0.25) is 14.4 Å². The smallest absolute Gasteiger partial charge is 0.271 e. The third-order valence-electron chi connectivity index (χ3n) is 4.29. The van der Waals surface area contributed by atoms with Crippen LogP contribution in [0.4, 0.5) is 0 Å². The summed E-state index contributed by atoms with van der Waals surface area (Å²) in [5.74, 6) is -0.855. The Kier molecular flexibility index (Phi) is 3.98. The van der Waals surface area contributed by atoms with Gasteiger partial charge < -0.3 is 4.42 Å².